The van der Waals surface area contributed by atoms with Crippen molar-refractivity contribution in [2.24, 2.45) is 5.92 Å². The lowest BCUT2D eigenvalue weighted by Crippen LogP contribution is -2.47. The number of hydrogen-bond acceptors (Lipinski definition) is 8. The predicted octanol–water partition coefficient (Wildman–Crippen LogP) is 2.77. The van der Waals surface area contributed by atoms with Gasteiger partial charge in [-0.25, -0.2) is 15.0 Å². The van der Waals surface area contributed by atoms with E-state index in [2.05, 4.69) is 19.8 Å². The molecule has 0 spiro atoms. The van der Waals surface area contributed by atoms with Gasteiger partial charge in [-0.2, -0.15) is 0 Å². The molecule has 2 aliphatic heterocycles. The third-order valence-electron chi connectivity index (χ3n) is 6.82. The van der Waals surface area contributed by atoms with E-state index in [1.54, 1.807) is 18.6 Å². The summed E-state index contributed by atoms with van der Waals surface area (Å²) < 4.78 is 5.15. The van der Waals surface area contributed by atoms with Gasteiger partial charge in [0.2, 0.25) is 5.95 Å². The van der Waals surface area contributed by atoms with Crippen LogP contribution < -0.4 is 9.80 Å². The predicted molar refractivity (Wildman–Crippen MR) is 133 cm³/mol. The Morgan fingerprint density at radius 2 is 1.54 bits per heavy atom. The first-order chi connectivity index (χ1) is 17.2. The van der Waals surface area contributed by atoms with Crippen LogP contribution in [0.4, 0.5) is 11.8 Å². The van der Waals surface area contributed by atoms with Gasteiger partial charge in [0, 0.05) is 63.2 Å². The molecule has 0 bridgehead atoms. The van der Waals surface area contributed by atoms with Gasteiger partial charge in [-0.05, 0) is 31.2 Å². The third kappa shape index (κ3) is 4.76. The third-order valence-corrected chi connectivity index (χ3v) is 6.82. The van der Waals surface area contributed by atoms with Crippen LogP contribution in [-0.4, -0.2) is 77.6 Å². The molecule has 0 N–H and O–H groups in total. The second-order valence-electron chi connectivity index (χ2n) is 8.88. The van der Waals surface area contributed by atoms with Crippen molar-refractivity contribution >= 4 is 34.4 Å². The average molecular weight is 475 g/mol. The van der Waals surface area contributed by atoms with Gasteiger partial charge >= 0.3 is 5.97 Å². The fourth-order valence-electron chi connectivity index (χ4n) is 4.92. The Bertz CT molecular complexity index is 1190. The summed E-state index contributed by atoms with van der Waals surface area (Å²) in [6, 6.07) is 9.80. The Kier molecular flexibility index (Phi) is 6.74. The number of rotatable bonds is 5. The minimum atomic E-state index is -0.157. The zero-order chi connectivity index (χ0) is 24.2. The van der Waals surface area contributed by atoms with Crippen molar-refractivity contribution in [3.8, 4) is 0 Å². The van der Waals surface area contributed by atoms with Crippen molar-refractivity contribution in [1.82, 2.24) is 19.9 Å². The number of amides is 1. The van der Waals surface area contributed by atoms with E-state index in [-0.39, 0.29) is 17.8 Å². The molecule has 4 heterocycles. The van der Waals surface area contributed by atoms with E-state index >= 15 is 0 Å². The summed E-state index contributed by atoms with van der Waals surface area (Å²) in [6.45, 7) is 6.48. The number of esters is 1. The van der Waals surface area contributed by atoms with E-state index in [1.165, 1.54) is 0 Å². The number of pyridine rings is 1. The van der Waals surface area contributed by atoms with Crippen molar-refractivity contribution in [3.05, 3.63) is 54.5 Å². The van der Waals surface area contributed by atoms with Crippen LogP contribution in [0.25, 0.3) is 10.8 Å². The van der Waals surface area contributed by atoms with Crippen LogP contribution in [0.2, 0.25) is 0 Å². The first-order valence-electron chi connectivity index (χ1n) is 12.3. The van der Waals surface area contributed by atoms with Crippen molar-refractivity contribution in [2.75, 3.05) is 55.7 Å². The average Bonchev–Trinajstić information content (AvgIpc) is 2.93. The Morgan fingerprint density at radius 1 is 0.886 bits per heavy atom. The number of hydrogen-bond donors (Lipinski definition) is 0. The summed E-state index contributed by atoms with van der Waals surface area (Å²) in [5.41, 5.74) is 0.607. The molecular formula is C26H30N6O3. The van der Waals surface area contributed by atoms with Crippen molar-refractivity contribution < 1.29 is 14.3 Å². The summed E-state index contributed by atoms with van der Waals surface area (Å²) in [5, 5.41) is 1.88. The normalized spacial score (nSPS) is 17.0. The molecule has 2 aromatic heterocycles. The molecule has 0 unspecified atom stereocenters. The molecule has 182 valence electrons. The molecule has 0 radical (unpaired) electrons. The number of nitrogens with zero attached hydrogens (tertiary/aromatic N) is 6. The fraction of sp³-hybridized carbons (Fsp3) is 0.423. The standard InChI is InChI=1S/C26H30N6O3/c1-2-35-25(34)19-8-12-31(13-9-19)24(33)22-18-29-23(21-7-4-3-6-20(21)22)30-14-16-32(17-15-30)26-27-10-5-11-28-26/h3-7,10-11,18-19H,2,8-9,12-17H2,1H3. The van der Waals surface area contributed by atoms with Crippen molar-refractivity contribution in [3.63, 3.8) is 0 Å². The number of piperazine rings is 1. The first-order valence-corrected chi connectivity index (χ1v) is 12.3. The van der Waals surface area contributed by atoms with Gasteiger partial charge in [-0.15, -0.1) is 0 Å². The first kappa shape index (κ1) is 23.0. The summed E-state index contributed by atoms with van der Waals surface area (Å²) in [6.07, 6.45) is 6.49. The zero-order valence-electron chi connectivity index (χ0n) is 20.0. The van der Waals surface area contributed by atoms with Crippen LogP contribution in [-0.2, 0) is 9.53 Å². The van der Waals surface area contributed by atoms with Gasteiger partial charge in [0.05, 0.1) is 18.1 Å². The highest BCUT2D eigenvalue weighted by molar-refractivity contribution is 6.09. The molecule has 35 heavy (non-hydrogen) atoms. The molecule has 0 saturated carbocycles. The molecule has 5 rings (SSSR count). The molecule has 2 saturated heterocycles. The van der Waals surface area contributed by atoms with Crippen LogP contribution in [0.5, 0.6) is 0 Å². The Morgan fingerprint density at radius 3 is 2.23 bits per heavy atom. The highest BCUT2D eigenvalue weighted by atomic mass is 16.5. The van der Waals surface area contributed by atoms with E-state index in [0.29, 0.717) is 38.1 Å². The van der Waals surface area contributed by atoms with Crippen molar-refractivity contribution in [2.45, 2.75) is 19.8 Å². The van der Waals surface area contributed by atoms with Crippen LogP contribution in [0.15, 0.2) is 48.9 Å². The molecule has 9 nitrogen and oxygen atoms in total. The molecule has 2 aliphatic rings. The summed E-state index contributed by atoms with van der Waals surface area (Å²) in [4.78, 5) is 45.3. The van der Waals surface area contributed by atoms with Crippen LogP contribution >= 0.6 is 0 Å². The molecule has 1 amide bonds. The topological polar surface area (TPSA) is 91.8 Å². The largest absolute Gasteiger partial charge is 0.466 e. The van der Waals surface area contributed by atoms with Gasteiger partial charge in [0.1, 0.15) is 5.82 Å². The zero-order valence-corrected chi connectivity index (χ0v) is 20.0. The number of piperidine rings is 1. The maximum absolute atomic E-state index is 13.4. The van der Waals surface area contributed by atoms with Crippen LogP contribution in [0, 0.1) is 5.92 Å². The van der Waals surface area contributed by atoms with E-state index in [1.807, 2.05) is 42.2 Å². The molecule has 9 heteroatoms. The maximum atomic E-state index is 13.4. The molecular weight excluding hydrogens is 444 g/mol. The van der Waals surface area contributed by atoms with Gasteiger partial charge in [0.25, 0.3) is 5.91 Å². The summed E-state index contributed by atoms with van der Waals surface area (Å²) in [5.74, 6) is 1.32. The van der Waals surface area contributed by atoms with Crippen LogP contribution in [0.3, 0.4) is 0 Å². The molecule has 0 aliphatic carbocycles. The van der Waals surface area contributed by atoms with E-state index in [9.17, 15) is 9.59 Å². The van der Waals surface area contributed by atoms with E-state index < -0.39 is 0 Å². The second kappa shape index (κ2) is 10.2. The lowest BCUT2D eigenvalue weighted by molar-refractivity contribution is -0.149. The van der Waals surface area contributed by atoms with E-state index in [0.717, 1.165) is 48.7 Å². The maximum Gasteiger partial charge on any atom is 0.309 e. The number of likely N-dealkylation sites (tertiary alicyclic amines) is 1. The number of ether oxygens (including phenoxy) is 1. The SMILES string of the molecule is CCOC(=O)C1CCN(C(=O)c2cnc(N3CCN(c4ncccn4)CC3)c3ccccc23)CC1. The van der Waals surface area contributed by atoms with Gasteiger partial charge < -0.3 is 19.4 Å². The lowest BCUT2D eigenvalue weighted by atomic mass is 9.96. The quantitative estimate of drug-likeness (QED) is 0.522. The van der Waals surface area contributed by atoms with Gasteiger partial charge in [0.15, 0.2) is 0 Å². The highest BCUT2D eigenvalue weighted by Crippen LogP contribution is 2.30. The molecule has 3 aromatic rings. The fourth-order valence-corrected chi connectivity index (χ4v) is 4.92. The van der Waals surface area contributed by atoms with E-state index in [4.69, 9.17) is 9.72 Å². The minimum Gasteiger partial charge on any atom is -0.466 e. The molecule has 0 atom stereocenters. The minimum absolute atomic E-state index is 0.0337. The molecule has 2 fully saturated rings. The number of carbonyl (C=O) groups is 2. The molecule has 1 aromatic carbocycles. The lowest BCUT2D eigenvalue weighted by Gasteiger charge is -2.36. The smallest absolute Gasteiger partial charge is 0.309 e. The van der Waals surface area contributed by atoms with Crippen molar-refractivity contribution in [1.29, 1.82) is 0 Å². The number of fused-ring (bicyclic) bond motifs is 1. The number of aromatic nitrogens is 3. The monoisotopic (exact) mass is 474 g/mol. The highest BCUT2D eigenvalue weighted by Gasteiger charge is 2.30. The number of anilines is 2. The van der Waals surface area contributed by atoms with Crippen LogP contribution in [0.1, 0.15) is 30.1 Å². The summed E-state index contributed by atoms with van der Waals surface area (Å²) >= 11 is 0. The van der Waals surface area contributed by atoms with Gasteiger partial charge in [-0.1, -0.05) is 24.3 Å². The Labute approximate surface area is 204 Å². The number of benzene rings is 1. The Hall–Kier alpha value is -3.75. The Balaban J connectivity index is 1.32. The van der Waals surface area contributed by atoms with Gasteiger partial charge in [-0.3, -0.25) is 9.59 Å². The summed E-state index contributed by atoms with van der Waals surface area (Å²) in [7, 11) is 0. The number of carbonyl (C=O) groups excluding carboxylic acids is 2. The second-order valence-corrected chi connectivity index (χ2v) is 8.88.